The lowest BCUT2D eigenvalue weighted by atomic mass is 9.83. The van der Waals surface area contributed by atoms with Gasteiger partial charge in [-0.2, -0.15) is 0 Å². The van der Waals surface area contributed by atoms with E-state index in [4.69, 9.17) is 42.8 Å². The molecule has 2 atom stereocenters. The highest BCUT2D eigenvalue weighted by molar-refractivity contribution is 6.42. The normalized spacial score (nSPS) is 17.1. The van der Waals surface area contributed by atoms with Gasteiger partial charge >= 0.3 is 0 Å². The number of hydrazine groups is 1. The molecule has 0 bridgehead atoms. The lowest BCUT2D eigenvalue weighted by molar-refractivity contribution is -0.129. The number of aliphatic hydroxyl groups excluding tert-OH is 1. The van der Waals surface area contributed by atoms with Crippen molar-refractivity contribution in [3.63, 3.8) is 0 Å². The third-order valence-corrected chi connectivity index (χ3v) is 8.16. The van der Waals surface area contributed by atoms with Crippen LogP contribution in [0.2, 0.25) is 10.0 Å². The number of azide groups is 1. The quantitative estimate of drug-likeness (QED) is 0.0411. The van der Waals surface area contributed by atoms with Gasteiger partial charge in [-0.1, -0.05) is 101 Å². The van der Waals surface area contributed by atoms with Crippen molar-refractivity contribution in [3.8, 4) is 5.75 Å². The predicted molar refractivity (Wildman–Crippen MR) is 184 cm³/mol. The van der Waals surface area contributed by atoms with Gasteiger partial charge in [0, 0.05) is 47.7 Å². The molecule has 4 aromatic rings. The number of nitrogens with zero attached hydrogens (tertiary/aromatic N) is 4. The van der Waals surface area contributed by atoms with E-state index in [0.717, 1.165) is 11.1 Å². The van der Waals surface area contributed by atoms with Crippen LogP contribution in [0.3, 0.4) is 0 Å². The number of rotatable bonds is 14. The Bertz CT molecular complexity index is 1800. The van der Waals surface area contributed by atoms with Crippen LogP contribution in [-0.4, -0.2) is 35.7 Å². The minimum atomic E-state index is -1.53. The second-order valence-corrected chi connectivity index (χ2v) is 11.4. The van der Waals surface area contributed by atoms with E-state index in [0.29, 0.717) is 45.6 Å². The first kappa shape index (κ1) is 33.5. The van der Waals surface area contributed by atoms with Gasteiger partial charge in [0.2, 0.25) is 5.90 Å². The Kier molecular flexibility index (Phi) is 11.5. The summed E-state index contributed by atoms with van der Waals surface area (Å²) in [5.74, 6) is 0.391. The molecule has 1 heterocycles. The molecule has 1 amide bonds. The molecule has 10 nitrogen and oxygen atoms in total. The first-order valence-electron chi connectivity index (χ1n) is 14.9. The second kappa shape index (κ2) is 16.1. The number of hydrogen-bond donors (Lipinski definition) is 3. The number of carbonyl (C=O) groups is 1. The SMILES string of the molecule is [N-]=[N+]=Nc1ccccc1[C@@H]1OC(c2ccc(OCCCO)cc2)=N[C@]1(C/C=C/c1ccccc1)C(=O)NNCc1ccc(Cl)c(Cl)c1. The molecular formula is C35H32Cl2N6O4. The number of aliphatic imine (C=N–C) groups is 1. The van der Waals surface area contributed by atoms with Crippen LogP contribution < -0.4 is 15.6 Å². The van der Waals surface area contributed by atoms with E-state index in [9.17, 15) is 10.3 Å². The number of nitrogens with one attached hydrogen (secondary N) is 2. The molecular weight excluding hydrogens is 639 g/mol. The first-order chi connectivity index (χ1) is 22.9. The van der Waals surface area contributed by atoms with Gasteiger partial charge in [-0.3, -0.25) is 10.2 Å². The summed E-state index contributed by atoms with van der Waals surface area (Å²) in [6, 6.07) is 29.0. The standard InChI is InChI=1S/C35H32Cl2N6O4/c36-29-18-13-25(22-30(29)37)23-39-42-34(45)35(19-6-10-24-8-2-1-3-9-24)32(28-11-4-5-12-31(28)41-43-38)47-33(40-35)26-14-16-27(17-15-26)46-21-7-20-44/h1-6,8-18,22,32,39,44H,7,19-21,23H2,(H,42,45)/b10-6+/t32-,35-/m0/s1. The van der Waals surface area contributed by atoms with Crippen LogP contribution in [-0.2, 0) is 16.1 Å². The summed E-state index contributed by atoms with van der Waals surface area (Å²) in [5.41, 5.74) is 16.8. The van der Waals surface area contributed by atoms with Crippen LogP contribution in [0.25, 0.3) is 16.5 Å². The van der Waals surface area contributed by atoms with E-state index in [1.54, 1.807) is 66.7 Å². The molecule has 1 aliphatic rings. The first-order valence-corrected chi connectivity index (χ1v) is 15.6. The van der Waals surface area contributed by atoms with E-state index in [1.807, 2.05) is 42.5 Å². The minimum absolute atomic E-state index is 0.0343. The van der Waals surface area contributed by atoms with Crippen molar-refractivity contribution in [2.45, 2.75) is 31.0 Å². The fourth-order valence-corrected chi connectivity index (χ4v) is 5.38. The molecule has 12 heteroatoms. The monoisotopic (exact) mass is 670 g/mol. The van der Waals surface area contributed by atoms with Gasteiger partial charge in [0.25, 0.3) is 5.91 Å². The third kappa shape index (κ3) is 8.31. The molecule has 0 radical (unpaired) electrons. The Morgan fingerprint density at radius 1 is 1.04 bits per heavy atom. The van der Waals surface area contributed by atoms with Gasteiger partial charge in [0.15, 0.2) is 11.6 Å². The summed E-state index contributed by atoms with van der Waals surface area (Å²) in [6.45, 7) is 0.665. The van der Waals surface area contributed by atoms with Crippen LogP contribution in [0.1, 0.15) is 41.2 Å². The van der Waals surface area contributed by atoms with Crippen molar-refractivity contribution in [1.29, 1.82) is 0 Å². The minimum Gasteiger partial charge on any atom is -0.494 e. The number of halogens is 2. The van der Waals surface area contributed by atoms with Crippen LogP contribution in [0, 0.1) is 0 Å². The number of ether oxygens (including phenoxy) is 2. The highest BCUT2D eigenvalue weighted by atomic mass is 35.5. The Labute approximate surface area is 282 Å². The van der Waals surface area contributed by atoms with E-state index in [1.165, 1.54) is 0 Å². The summed E-state index contributed by atoms with van der Waals surface area (Å²) in [5, 5.41) is 13.8. The topological polar surface area (TPSA) is 141 Å². The summed E-state index contributed by atoms with van der Waals surface area (Å²) >= 11 is 12.3. The zero-order valence-electron chi connectivity index (χ0n) is 25.2. The fraction of sp³-hybridized carbons (Fsp3) is 0.200. The second-order valence-electron chi connectivity index (χ2n) is 10.6. The summed E-state index contributed by atoms with van der Waals surface area (Å²) in [6.07, 6.45) is 3.48. The Hall–Kier alpha value is -4.83. The third-order valence-electron chi connectivity index (χ3n) is 7.42. The van der Waals surface area contributed by atoms with Gasteiger partial charge in [0.1, 0.15) is 5.75 Å². The van der Waals surface area contributed by atoms with Crippen molar-refractivity contribution in [3.05, 3.63) is 146 Å². The predicted octanol–water partition coefficient (Wildman–Crippen LogP) is 7.88. The molecule has 0 unspecified atom stereocenters. The molecule has 0 saturated heterocycles. The van der Waals surface area contributed by atoms with E-state index < -0.39 is 17.6 Å². The molecule has 0 aromatic heterocycles. The maximum atomic E-state index is 14.4. The number of aliphatic hydroxyl groups is 1. The van der Waals surface area contributed by atoms with Crippen LogP contribution >= 0.6 is 23.2 Å². The maximum absolute atomic E-state index is 14.4. The summed E-state index contributed by atoms with van der Waals surface area (Å²) < 4.78 is 12.2. The molecule has 0 spiro atoms. The van der Waals surface area contributed by atoms with Crippen LogP contribution in [0.15, 0.2) is 113 Å². The maximum Gasteiger partial charge on any atom is 0.266 e. The van der Waals surface area contributed by atoms with Crippen molar-refractivity contribution in [2.75, 3.05) is 13.2 Å². The highest BCUT2D eigenvalue weighted by Crippen LogP contribution is 2.45. The Morgan fingerprint density at radius 2 is 1.81 bits per heavy atom. The van der Waals surface area contributed by atoms with Crippen molar-refractivity contribution < 1.29 is 19.4 Å². The number of amides is 1. The molecule has 0 saturated carbocycles. The molecule has 3 N–H and O–H groups in total. The number of benzene rings is 4. The molecule has 4 aromatic carbocycles. The van der Waals surface area contributed by atoms with E-state index in [-0.39, 0.29) is 25.5 Å². The molecule has 0 fully saturated rings. The number of hydrogen-bond acceptors (Lipinski definition) is 7. The Morgan fingerprint density at radius 3 is 2.55 bits per heavy atom. The average molecular weight is 672 g/mol. The molecule has 47 heavy (non-hydrogen) atoms. The summed E-state index contributed by atoms with van der Waals surface area (Å²) in [4.78, 5) is 22.3. The van der Waals surface area contributed by atoms with Gasteiger partial charge in [-0.25, -0.2) is 10.4 Å². The van der Waals surface area contributed by atoms with Crippen molar-refractivity contribution in [2.24, 2.45) is 10.1 Å². The van der Waals surface area contributed by atoms with Gasteiger partial charge in [-0.05, 0) is 53.1 Å². The zero-order chi connectivity index (χ0) is 33.1. The molecule has 0 aliphatic carbocycles. The molecule has 240 valence electrons. The molecule has 5 rings (SSSR count). The van der Waals surface area contributed by atoms with Crippen molar-refractivity contribution in [1.82, 2.24) is 10.9 Å². The Balaban J connectivity index is 1.53. The van der Waals surface area contributed by atoms with Gasteiger partial charge < -0.3 is 14.6 Å². The van der Waals surface area contributed by atoms with Crippen LogP contribution in [0.4, 0.5) is 5.69 Å². The fourth-order valence-electron chi connectivity index (χ4n) is 5.06. The van der Waals surface area contributed by atoms with E-state index in [2.05, 4.69) is 20.9 Å². The van der Waals surface area contributed by atoms with Gasteiger partial charge in [-0.15, -0.1) is 0 Å². The summed E-state index contributed by atoms with van der Waals surface area (Å²) in [7, 11) is 0. The largest absolute Gasteiger partial charge is 0.494 e. The lowest BCUT2D eigenvalue weighted by Gasteiger charge is -2.30. The lowest BCUT2D eigenvalue weighted by Crippen LogP contribution is -2.52. The zero-order valence-corrected chi connectivity index (χ0v) is 26.7. The molecule has 1 aliphatic heterocycles. The average Bonchev–Trinajstić information content (AvgIpc) is 3.48. The highest BCUT2D eigenvalue weighted by Gasteiger charge is 2.53. The van der Waals surface area contributed by atoms with Crippen LogP contribution in [0.5, 0.6) is 5.75 Å². The van der Waals surface area contributed by atoms with Crippen molar-refractivity contribution >= 4 is 46.8 Å². The van der Waals surface area contributed by atoms with E-state index >= 15 is 0 Å². The smallest absolute Gasteiger partial charge is 0.266 e. The number of carbonyl (C=O) groups excluding carboxylic acids is 1. The van der Waals surface area contributed by atoms with Gasteiger partial charge in [0.05, 0.1) is 16.7 Å².